The van der Waals surface area contributed by atoms with Crippen LogP contribution in [0.3, 0.4) is 0 Å². The summed E-state index contributed by atoms with van der Waals surface area (Å²) in [6.45, 7) is 1.80. The average molecular weight is 374 g/mol. The molecule has 1 rings (SSSR count). The molecule has 3 N–H and O–H groups in total. The van der Waals surface area contributed by atoms with Crippen molar-refractivity contribution in [2.45, 2.75) is 24.3 Å². The average Bonchev–Trinajstić information content (AvgIpc) is 2.51. The Kier molecular flexibility index (Phi) is 7.71. The molecule has 0 heterocycles. The van der Waals surface area contributed by atoms with E-state index >= 15 is 0 Å². The molecular weight excluding hydrogens is 352 g/mol. The predicted molar refractivity (Wildman–Crippen MR) is 95.1 cm³/mol. The van der Waals surface area contributed by atoms with Crippen LogP contribution in [0.25, 0.3) is 0 Å². The zero-order valence-corrected chi connectivity index (χ0v) is 15.5. The molecule has 7 nitrogen and oxygen atoms in total. The molecule has 0 fully saturated rings. The van der Waals surface area contributed by atoms with E-state index in [1.165, 1.54) is 18.2 Å². The standard InChI is InChI=1S/C15H22N2O5S2/c1-4-22-15(19)10-7-11(9-12(8-10)24(3,20)21)17-14(18)13(16)5-6-23-2/h7-9,13H,4-6,16H2,1-3H3,(H,17,18)/t13-/m0/s1. The Bertz CT molecular complexity index is 704. The number of esters is 1. The number of nitrogens with two attached hydrogens (primary N) is 1. The topological polar surface area (TPSA) is 116 Å². The first-order valence-electron chi connectivity index (χ1n) is 7.26. The number of nitrogens with one attached hydrogen (secondary N) is 1. The highest BCUT2D eigenvalue weighted by Gasteiger charge is 2.18. The van der Waals surface area contributed by atoms with Gasteiger partial charge in [-0.2, -0.15) is 11.8 Å². The highest BCUT2D eigenvalue weighted by molar-refractivity contribution is 7.98. The molecule has 0 aliphatic carbocycles. The fraction of sp³-hybridized carbons (Fsp3) is 0.467. The summed E-state index contributed by atoms with van der Waals surface area (Å²) >= 11 is 1.57. The molecular formula is C15H22N2O5S2. The van der Waals surface area contributed by atoms with Gasteiger partial charge in [-0.3, -0.25) is 4.79 Å². The van der Waals surface area contributed by atoms with Crippen LogP contribution in [0.1, 0.15) is 23.7 Å². The molecule has 0 saturated heterocycles. The number of sulfone groups is 1. The van der Waals surface area contributed by atoms with Crippen LogP contribution in [-0.2, 0) is 19.4 Å². The summed E-state index contributed by atoms with van der Waals surface area (Å²) in [6.07, 6.45) is 3.42. The molecule has 0 unspecified atom stereocenters. The maximum atomic E-state index is 12.1. The van der Waals surface area contributed by atoms with Crippen molar-refractivity contribution in [3.63, 3.8) is 0 Å². The van der Waals surface area contributed by atoms with Crippen molar-refractivity contribution in [3.8, 4) is 0 Å². The van der Waals surface area contributed by atoms with E-state index in [0.717, 1.165) is 12.0 Å². The molecule has 0 aliphatic heterocycles. The van der Waals surface area contributed by atoms with E-state index < -0.39 is 27.8 Å². The molecule has 0 spiro atoms. The summed E-state index contributed by atoms with van der Waals surface area (Å²) in [5.41, 5.74) is 6.02. The first-order chi connectivity index (χ1) is 11.2. The Morgan fingerprint density at radius 2 is 2.00 bits per heavy atom. The predicted octanol–water partition coefficient (Wildman–Crippen LogP) is 1.29. The largest absolute Gasteiger partial charge is 0.462 e. The molecule has 0 radical (unpaired) electrons. The van der Waals surface area contributed by atoms with Gasteiger partial charge in [-0.15, -0.1) is 0 Å². The first-order valence-corrected chi connectivity index (χ1v) is 10.5. The second-order valence-corrected chi connectivity index (χ2v) is 8.12. The van der Waals surface area contributed by atoms with Gasteiger partial charge in [0.05, 0.1) is 23.1 Å². The minimum Gasteiger partial charge on any atom is -0.462 e. The number of anilines is 1. The second-order valence-electron chi connectivity index (χ2n) is 5.12. The smallest absolute Gasteiger partial charge is 0.338 e. The molecule has 134 valence electrons. The SMILES string of the molecule is CCOC(=O)c1cc(NC(=O)[C@@H](N)CCSC)cc(S(C)(=O)=O)c1. The van der Waals surface area contributed by atoms with Crippen molar-refractivity contribution in [3.05, 3.63) is 23.8 Å². The normalized spacial score (nSPS) is 12.5. The van der Waals surface area contributed by atoms with Crippen LogP contribution in [0.5, 0.6) is 0 Å². The highest BCUT2D eigenvalue weighted by Crippen LogP contribution is 2.20. The Hall–Kier alpha value is -1.58. The van der Waals surface area contributed by atoms with E-state index in [2.05, 4.69) is 5.32 Å². The number of carbonyl (C=O) groups excluding carboxylic acids is 2. The quantitative estimate of drug-likeness (QED) is 0.659. The molecule has 0 saturated carbocycles. The lowest BCUT2D eigenvalue weighted by Crippen LogP contribution is -2.36. The van der Waals surface area contributed by atoms with E-state index in [0.29, 0.717) is 6.42 Å². The van der Waals surface area contributed by atoms with Crippen molar-refractivity contribution < 1.29 is 22.7 Å². The van der Waals surface area contributed by atoms with Gasteiger partial charge >= 0.3 is 5.97 Å². The minimum absolute atomic E-state index is 0.0489. The molecule has 0 aliphatic rings. The van der Waals surface area contributed by atoms with Gasteiger partial charge < -0.3 is 15.8 Å². The highest BCUT2D eigenvalue weighted by atomic mass is 32.2. The van der Waals surface area contributed by atoms with E-state index in [1.807, 2.05) is 6.26 Å². The van der Waals surface area contributed by atoms with E-state index in [1.54, 1.807) is 18.7 Å². The maximum absolute atomic E-state index is 12.1. The van der Waals surface area contributed by atoms with Crippen molar-refractivity contribution in [1.82, 2.24) is 0 Å². The van der Waals surface area contributed by atoms with Crippen LogP contribution in [0, 0.1) is 0 Å². The lowest BCUT2D eigenvalue weighted by molar-refractivity contribution is -0.117. The number of rotatable bonds is 8. The van der Waals surface area contributed by atoms with Gasteiger partial charge in [0.1, 0.15) is 0 Å². The third kappa shape index (κ3) is 6.14. The number of hydrogen-bond acceptors (Lipinski definition) is 7. The van der Waals surface area contributed by atoms with E-state index in [-0.39, 0.29) is 22.8 Å². The van der Waals surface area contributed by atoms with Gasteiger partial charge in [0.25, 0.3) is 0 Å². The summed E-state index contributed by atoms with van der Waals surface area (Å²) in [6, 6.07) is 3.16. The van der Waals surface area contributed by atoms with Gasteiger partial charge in [-0.25, -0.2) is 13.2 Å². The van der Waals surface area contributed by atoms with Crippen LogP contribution < -0.4 is 11.1 Å². The Labute approximate surface area is 146 Å². The number of benzene rings is 1. The molecule has 1 amide bonds. The van der Waals surface area contributed by atoms with Gasteiger partial charge in [0, 0.05) is 11.9 Å². The van der Waals surface area contributed by atoms with Crippen molar-refractivity contribution >= 4 is 39.2 Å². The number of ether oxygens (including phenoxy) is 1. The Morgan fingerprint density at radius 1 is 1.33 bits per heavy atom. The number of thioether (sulfide) groups is 1. The number of carbonyl (C=O) groups is 2. The lowest BCUT2D eigenvalue weighted by atomic mass is 10.1. The molecule has 0 aromatic heterocycles. The van der Waals surface area contributed by atoms with Gasteiger partial charge in [-0.1, -0.05) is 0 Å². The van der Waals surface area contributed by atoms with Crippen LogP contribution in [0.15, 0.2) is 23.1 Å². The zero-order chi connectivity index (χ0) is 18.3. The summed E-state index contributed by atoms with van der Waals surface area (Å²) in [7, 11) is -3.56. The first kappa shape index (κ1) is 20.5. The molecule has 1 aromatic carbocycles. The number of amides is 1. The van der Waals surface area contributed by atoms with Crippen molar-refractivity contribution in [1.29, 1.82) is 0 Å². The van der Waals surface area contributed by atoms with E-state index in [9.17, 15) is 18.0 Å². The van der Waals surface area contributed by atoms with Gasteiger partial charge in [-0.05, 0) is 43.6 Å². The Morgan fingerprint density at radius 3 is 2.54 bits per heavy atom. The minimum atomic E-state index is -3.56. The van der Waals surface area contributed by atoms with Crippen LogP contribution in [0.4, 0.5) is 5.69 Å². The molecule has 0 bridgehead atoms. The number of hydrogen-bond donors (Lipinski definition) is 2. The summed E-state index contributed by atoms with van der Waals surface area (Å²) in [5.74, 6) is -0.374. The van der Waals surface area contributed by atoms with Gasteiger partial charge in [0.2, 0.25) is 5.91 Å². The van der Waals surface area contributed by atoms with Gasteiger partial charge in [0.15, 0.2) is 9.84 Å². The van der Waals surface area contributed by atoms with Crippen molar-refractivity contribution in [2.75, 3.05) is 30.2 Å². The Balaban J connectivity index is 3.11. The molecule has 9 heteroatoms. The summed E-state index contributed by atoms with van der Waals surface area (Å²) in [5, 5.41) is 2.56. The fourth-order valence-corrected chi connectivity index (χ4v) is 3.00. The van der Waals surface area contributed by atoms with Crippen molar-refractivity contribution in [2.24, 2.45) is 5.73 Å². The van der Waals surface area contributed by atoms with Crippen LogP contribution in [-0.4, -0.2) is 51.2 Å². The van der Waals surface area contributed by atoms with E-state index in [4.69, 9.17) is 10.5 Å². The zero-order valence-electron chi connectivity index (χ0n) is 13.9. The molecule has 1 atom stereocenters. The third-order valence-corrected chi connectivity index (χ3v) is 4.82. The summed E-state index contributed by atoms with van der Waals surface area (Å²) in [4.78, 5) is 23.9. The molecule has 24 heavy (non-hydrogen) atoms. The summed E-state index contributed by atoms with van der Waals surface area (Å²) < 4.78 is 28.5. The maximum Gasteiger partial charge on any atom is 0.338 e. The monoisotopic (exact) mass is 374 g/mol. The third-order valence-electron chi connectivity index (χ3n) is 3.08. The lowest BCUT2D eigenvalue weighted by Gasteiger charge is -2.13. The van der Waals surface area contributed by atoms with Crippen LogP contribution in [0.2, 0.25) is 0 Å². The second kappa shape index (κ2) is 9.05. The van der Waals surface area contributed by atoms with Crippen LogP contribution >= 0.6 is 11.8 Å². The molecule has 1 aromatic rings. The fourth-order valence-electron chi connectivity index (χ4n) is 1.83.